The van der Waals surface area contributed by atoms with Gasteiger partial charge in [-0.1, -0.05) is 20.3 Å². The maximum atomic E-state index is 11.0. The molecule has 0 rings (SSSR count). The van der Waals surface area contributed by atoms with Crippen LogP contribution in [0.15, 0.2) is 0 Å². The van der Waals surface area contributed by atoms with Crippen LogP contribution in [-0.2, 0) is 9.59 Å². The Morgan fingerprint density at radius 3 is 2.25 bits per heavy atom. The maximum Gasteiger partial charge on any atom is 0.133 e. The molecule has 0 fully saturated rings. The Kier molecular flexibility index (Phi) is 5.60. The average Bonchev–Trinajstić information content (AvgIpc) is 1.96. The van der Waals surface area contributed by atoms with Gasteiger partial charge in [0.05, 0.1) is 0 Å². The molecule has 0 aromatic carbocycles. The Balaban J connectivity index is 3.78. The van der Waals surface area contributed by atoms with E-state index in [-0.39, 0.29) is 11.7 Å². The van der Waals surface area contributed by atoms with Gasteiger partial charge < -0.3 is 4.79 Å². The van der Waals surface area contributed by atoms with E-state index < -0.39 is 0 Å². The van der Waals surface area contributed by atoms with Crippen LogP contribution in [0, 0.1) is 11.8 Å². The van der Waals surface area contributed by atoms with Gasteiger partial charge in [0.15, 0.2) is 0 Å². The zero-order chi connectivity index (χ0) is 9.56. The summed E-state index contributed by atoms with van der Waals surface area (Å²) in [6.45, 7) is 5.81. The first-order valence-corrected chi connectivity index (χ1v) is 4.52. The van der Waals surface area contributed by atoms with Crippen LogP contribution >= 0.6 is 0 Å². The minimum atomic E-state index is -0.0371. The molecule has 12 heavy (non-hydrogen) atoms. The number of rotatable bonds is 6. The van der Waals surface area contributed by atoms with Crippen molar-refractivity contribution >= 4 is 12.1 Å². The van der Waals surface area contributed by atoms with Crippen LogP contribution in [0.4, 0.5) is 0 Å². The minimum absolute atomic E-state index is 0.0371. The lowest BCUT2D eigenvalue weighted by molar-refractivity contribution is -0.123. The average molecular weight is 170 g/mol. The lowest BCUT2D eigenvalue weighted by atomic mass is 9.93. The molecule has 0 saturated heterocycles. The van der Waals surface area contributed by atoms with Crippen molar-refractivity contribution in [2.45, 2.75) is 40.0 Å². The summed E-state index contributed by atoms with van der Waals surface area (Å²) in [5.41, 5.74) is 0. The van der Waals surface area contributed by atoms with Crippen LogP contribution in [-0.4, -0.2) is 12.1 Å². The lowest BCUT2D eigenvalue weighted by Gasteiger charge is -2.11. The van der Waals surface area contributed by atoms with Crippen LogP contribution in [0.1, 0.15) is 40.0 Å². The highest BCUT2D eigenvalue weighted by Gasteiger charge is 2.13. The van der Waals surface area contributed by atoms with Gasteiger partial charge in [0.2, 0.25) is 0 Å². The molecule has 0 aromatic rings. The number of carbonyl (C=O) groups is 2. The number of ketones is 1. The molecule has 0 radical (unpaired) electrons. The Morgan fingerprint density at radius 1 is 1.33 bits per heavy atom. The monoisotopic (exact) mass is 170 g/mol. The van der Waals surface area contributed by atoms with Gasteiger partial charge in [-0.05, 0) is 19.3 Å². The number of aldehydes is 1. The molecule has 2 heteroatoms. The normalized spacial score (nSPS) is 13.0. The summed E-state index contributed by atoms with van der Waals surface area (Å²) in [4.78, 5) is 21.2. The van der Waals surface area contributed by atoms with Gasteiger partial charge in [0.25, 0.3) is 0 Å². The third-order valence-electron chi connectivity index (χ3n) is 2.05. The highest BCUT2D eigenvalue weighted by Crippen LogP contribution is 2.15. The fourth-order valence-corrected chi connectivity index (χ4v) is 1.14. The smallest absolute Gasteiger partial charge is 0.133 e. The quantitative estimate of drug-likeness (QED) is 0.573. The summed E-state index contributed by atoms with van der Waals surface area (Å²) in [5.74, 6) is 0.714. The Morgan fingerprint density at radius 2 is 1.92 bits per heavy atom. The van der Waals surface area contributed by atoms with Crippen LogP contribution in [0.2, 0.25) is 0 Å². The highest BCUT2D eigenvalue weighted by atomic mass is 16.1. The van der Waals surface area contributed by atoms with E-state index in [1.54, 1.807) is 6.92 Å². The first-order chi connectivity index (χ1) is 5.57. The van der Waals surface area contributed by atoms with Crippen molar-refractivity contribution in [1.82, 2.24) is 0 Å². The van der Waals surface area contributed by atoms with E-state index in [2.05, 4.69) is 13.8 Å². The predicted octanol–water partition coefficient (Wildman–Crippen LogP) is 2.22. The molecule has 0 aliphatic rings. The number of carbonyl (C=O) groups excluding carboxylic acids is 2. The van der Waals surface area contributed by atoms with Gasteiger partial charge in [-0.15, -0.1) is 0 Å². The van der Waals surface area contributed by atoms with Gasteiger partial charge in [0, 0.05) is 12.3 Å². The molecule has 0 heterocycles. The molecule has 1 atom stereocenters. The second kappa shape index (κ2) is 5.92. The maximum absolute atomic E-state index is 11.0. The van der Waals surface area contributed by atoms with Crippen molar-refractivity contribution < 1.29 is 9.59 Å². The lowest BCUT2D eigenvalue weighted by Crippen LogP contribution is -2.12. The Bertz CT molecular complexity index is 150. The van der Waals surface area contributed by atoms with Crippen LogP contribution in [0.5, 0.6) is 0 Å². The number of hydrogen-bond donors (Lipinski definition) is 0. The second-order valence-electron chi connectivity index (χ2n) is 3.68. The molecular formula is C10H18O2. The van der Waals surface area contributed by atoms with Gasteiger partial charge in [0.1, 0.15) is 12.1 Å². The fraction of sp³-hybridized carbons (Fsp3) is 0.800. The Labute approximate surface area is 74.3 Å². The molecule has 0 bridgehead atoms. The van der Waals surface area contributed by atoms with Crippen molar-refractivity contribution in [1.29, 1.82) is 0 Å². The molecule has 0 saturated carbocycles. The van der Waals surface area contributed by atoms with Crippen molar-refractivity contribution in [3.05, 3.63) is 0 Å². The highest BCUT2D eigenvalue weighted by molar-refractivity contribution is 5.80. The van der Waals surface area contributed by atoms with Crippen molar-refractivity contribution in [3.63, 3.8) is 0 Å². The van der Waals surface area contributed by atoms with Crippen LogP contribution in [0.25, 0.3) is 0 Å². The van der Waals surface area contributed by atoms with Crippen LogP contribution in [0.3, 0.4) is 0 Å². The van der Waals surface area contributed by atoms with E-state index in [1.165, 1.54) is 0 Å². The standard InChI is InChI=1S/C10H18O2/c1-8(2)4-5-10(6-7-11)9(3)12/h7-8,10H,4-6H2,1-3H3. The number of hydrogen-bond acceptors (Lipinski definition) is 2. The van der Waals surface area contributed by atoms with E-state index in [9.17, 15) is 9.59 Å². The summed E-state index contributed by atoms with van der Waals surface area (Å²) in [7, 11) is 0. The fourth-order valence-electron chi connectivity index (χ4n) is 1.14. The van der Waals surface area contributed by atoms with E-state index >= 15 is 0 Å². The SMILES string of the molecule is CC(=O)C(CC=O)CCC(C)C. The third kappa shape index (κ3) is 5.05. The summed E-state index contributed by atoms with van der Waals surface area (Å²) >= 11 is 0. The van der Waals surface area contributed by atoms with E-state index in [0.29, 0.717) is 12.3 Å². The van der Waals surface area contributed by atoms with E-state index in [4.69, 9.17) is 0 Å². The topological polar surface area (TPSA) is 34.1 Å². The predicted molar refractivity (Wildman–Crippen MR) is 48.9 cm³/mol. The molecule has 0 aliphatic carbocycles. The summed E-state index contributed by atoms with van der Waals surface area (Å²) in [5, 5.41) is 0. The molecule has 0 aliphatic heterocycles. The van der Waals surface area contributed by atoms with Crippen molar-refractivity contribution in [2.24, 2.45) is 11.8 Å². The summed E-state index contributed by atoms with van der Waals surface area (Å²) in [6, 6.07) is 0. The van der Waals surface area contributed by atoms with E-state index in [1.807, 2.05) is 0 Å². The number of Topliss-reactive ketones (excluding diaryl/α,β-unsaturated/α-hetero) is 1. The molecular weight excluding hydrogens is 152 g/mol. The minimum Gasteiger partial charge on any atom is -0.303 e. The van der Waals surface area contributed by atoms with Gasteiger partial charge >= 0.3 is 0 Å². The third-order valence-corrected chi connectivity index (χ3v) is 2.05. The molecule has 0 N–H and O–H groups in total. The zero-order valence-electron chi connectivity index (χ0n) is 8.17. The van der Waals surface area contributed by atoms with Gasteiger partial charge in [-0.3, -0.25) is 4.79 Å². The van der Waals surface area contributed by atoms with Crippen molar-refractivity contribution in [2.75, 3.05) is 0 Å². The van der Waals surface area contributed by atoms with Gasteiger partial charge in [-0.2, -0.15) is 0 Å². The molecule has 0 spiro atoms. The first kappa shape index (κ1) is 11.3. The van der Waals surface area contributed by atoms with Gasteiger partial charge in [-0.25, -0.2) is 0 Å². The van der Waals surface area contributed by atoms with E-state index in [0.717, 1.165) is 19.1 Å². The Hall–Kier alpha value is -0.660. The molecule has 1 unspecified atom stereocenters. The second-order valence-corrected chi connectivity index (χ2v) is 3.68. The first-order valence-electron chi connectivity index (χ1n) is 4.52. The molecule has 0 aromatic heterocycles. The van der Waals surface area contributed by atoms with Crippen molar-refractivity contribution in [3.8, 4) is 0 Å². The molecule has 70 valence electrons. The molecule has 0 amide bonds. The van der Waals surface area contributed by atoms with Crippen LogP contribution < -0.4 is 0 Å². The largest absolute Gasteiger partial charge is 0.303 e. The summed E-state index contributed by atoms with van der Waals surface area (Å²) < 4.78 is 0. The molecule has 2 nitrogen and oxygen atoms in total. The zero-order valence-corrected chi connectivity index (χ0v) is 8.17. The summed E-state index contributed by atoms with van der Waals surface area (Å²) in [6.07, 6.45) is 3.11.